The maximum Gasteiger partial charge on any atom is 0.315 e. The summed E-state index contributed by atoms with van der Waals surface area (Å²) in [5.74, 6) is -1.29. The van der Waals surface area contributed by atoms with E-state index in [0.29, 0.717) is 12.0 Å². The number of carbonyl (C=O) groups is 2. The standard InChI is InChI=1S/C15H21FN2O3/c1-10(11-6-4-5-7-12(11)16)17-14(21)18-15(2,3)9-8-13(19)20/h4-7,10H,8-9H2,1-3H3,(H,19,20)(H2,17,18,21). The Balaban J connectivity index is 2.57. The lowest BCUT2D eigenvalue weighted by Crippen LogP contribution is -2.49. The zero-order valence-corrected chi connectivity index (χ0v) is 12.4. The third-order valence-corrected chi connectivity index (χ3v) is 3.14. The summed E-state index contributed by atoms with van der Waals surface area (Å²) < 4.78 is 13.6. The molecule has 0 aromatic heterocycles. The molecule has 0 aliphatic rings. The van der Waals surface area contributed by atoms with Gasteiger partial charge in [0.25, 0.3) is 0 Å². The summed E-state index contributed by atoms with van der Waals surface area (Å²) in [5.41, 5.74) is -0.256. The predicted molar refractivity (Wildman–Crippen MR) is 77.4 cm³/mol. The minimum absolute atomic E-state index is 0.0316. The van der Waals surface area contributed by atoms with Crippen molar-refractivity contribution < 1.29 is 19.1 Å². The molecule has 21 heavy (non-hydrogen) atoms. The summed E-state index contributed by atoms with van der Waals surface area (Å²) in [7, 11) is 0. The van der Waals surface area contributed by atoms with Crippen LogP contribution >= 0.6 is 0 Å². The first kappa shape index (κ1) is 16.9. The summed E-state index contributed by atoms with van der Waals surface area (Å²) in [4.78, 5) is 22.5. The lowest BCUT2D eigenvalue weighted by molar-refractivity contribution is -0.137. The lowest BCUT2D eigenvalue weighted by atomic mass is 9.99. The fourth-order valence-corrected chi connectivity index (χ4v) is 1.93. The normalized spacial score (nSPS) is 12.6. The summed E-state index contributed by atoms with van der Waals surface area (Å²) in [6.07, 6.45) is 0.278. The molecule has 0 bridgehead atoms. The van der Waals surface area contributed by atoms with Crippen LogP contribution in [-0.4, -0.2) is 22.6 Å². The van der Waals surface area contributed by atoms with Gasteiger partial charge in [-0.3, -0.25) is 4.79 Å². The van der Waals surface area contributed by atoms with Gasteiger partial charge in [-0.05, 0) is 33.3 Å². The van der Waals surface area contributed by atoms with E-state index in [0.717, 1.165) is 0 Å². The van der Waals surface area contributed by atoms with E-state index in [-0.39, 0.29) is 12.2 Å². The van der Waals surface area contributed by atoms with Crippen LogP contribution in [0.25, 0.3) is 0 Å². The molecule has 1 aromatic rings. The Labute approximate surface area is 123 Å². The number of urea groups is 1. The van der Waals surface area contributed by atoms with Gasteiger partial charge in [-0.2, -0.15) is 0 Å². The largest absolute Gasteiger partial charge is 0.481 e. The number of rotatable bonds is 6. The molecular formula is C15H21FN2O3. The molecule has 2 amide bonds. The number of carboxylic acids is 1. The average molecular weight is 296 g/mol. The second kappa shape index (κ2) is 7.06. The maximum absolute atomic E-state index is 13.6. The van der Waals surface area contributed by atoms with E-state index in [1.54, 1.807) is 39.0 Å². The van der Waals surface area contributed by atoms with Crippen molar-refractivity contribution >= 4 is 12.0 Å². The highest BCUT2D eigenvalue weighted by Crippen LogP contribution is 2.16. The summed E-state index contributed by atoms with van der Waals surface area (Å²) in [5, 5.41) is 14.0. The molecule has 0 heterocycles. The smallest absolute Gasteiger partial charge is 0.315 e. The zero-order chi connectivity index (χ0) is 16.0. The van der Waals surface area contributed by atoms with Gasteiger partial charge in [0, 0.05) is 17.5 Å². The Morgan fingerprint density at radius 1 is 1.33 bits per heavy atom. The quantitative estimate of drug-likeness (QED) is 0.755. The molecule has 0 spiro atoms. The van der Waals surface area contributed by atoms with E-state index >= 15 is 0 Å². The van der Waals surface area contributed by atoms with Crippen LogP contribution in [0.2, 0.25) is 0 Å². The van der Waals surface area contributed by atoms with Gasteiger partial charge in [-0.25, -0.2) is 9.18 Å². The number of hydrogen-bond donors (Lipinski definition) is 3. The first-order valence-corrected chi connectivity index (χ1v) is 6.76. The Kier molecular flexibility index (Phi) is 5.69. The van der Waals surface area contributed by atoms with Crippen molar-refractivity contribution in [1.82, 2.24) is 10.6 Å². The van der Waals surface area contributed by atoms with Crippen LogP contribution < -0.4 is 10.6 Å². The molecule has 0 aliphatic carbocycles. The fourth-order valence-electron chi connectivity index (χ4n) is 1.93. The van der Waals surface area contributed by atoms with Crippen molar-refractivity contribution in [3.8, 4) is 0 Å². The molecule has 3 N–H and O–H groups in total. The number of carbonyl (C=O) groups excluding carboxylic acids is 1. The van der Waals surface area contributed by atoms with Gasteiger partial charge >= 0.3 is 12.0 Å². The molecule has 0 fully saturated rings. The van der Waals surface area contributed by atoms with Gasteiger partial charge in [-0.1, -0.05) is 18.2 Å². The molecular weight excluding hydrogens is 275 g/mol. The van der Waals surface area contributed by atoms with Crippen LogP contribution in [0.5, 0.6) is 0 Å². The molecule has 0 saturated carbocycles. The maximum atomic E-state index is 13.6. The van der Waals surface area contributed by atoms with Crippen molar-refractivity contribution in [3.63, 3.8) is 0 Å². The molecule has 1 unspecified atom stereocenters. The monoisotopic (exact) mass is 296 g/mol. The molecule has 0 radical (unpaired) electrons. The number of hydrogen-bond acceptors (Lipinski definition) is 2. The first-order chi connectivity index (χ1) is 9.71. The zero-order valence-electron chi connectivity index (χ0n) is 12.4. The van der Waals surface area contributed by atoms with E-state index in [9.17, 15) is 14.0 Å². The number of benzene rings is 1. The lowest BCUT2D eigenvalue weighted by Gasteiger charge is -2.27. The van der Waals surface area contributed by atoms with E-state index in [1.165, 1.54) is 6.07 Å². The number of amides is 2. The van der Waals surface area contributed by atoms with Crippen LogP contribution in [0.3, 0.4) is 0 Å². The van der Waals surface area contributed by atoms with Crippen LogP contribution in [0.1, 0.15) is 45.2 Å². The Bertz CT molecular complexity index is 517. The number of carboxylic acid groups (broad SMARTS) is 1. The third kappa shape index (κ3) is 5.81. The fraction of sp³-hybridized carbons (Fsp3) is 0.467. The second-order valence-electron chi connectivity index (χ2n) is 5.62. The van der Waals surface area contributed by atoms with Crippen molar-refractivity contribution in [1.29, 1.82) is 0 Å². The Hall–Kier alpha value is -2.11. The van der Waals surface area contributed by atoms with E-state index in [4.69, 9.17) is 5.11 Å². The van der Waals surface area contributed by atoms with E-state index in [2.05, 4.69) is 10.6 Å². The van der Waals surface area contributed by atoms with Gasteiger partial charge < -0.3 is 15.7 Å². The second-order valence-corrected chi connectivity index (χ2v) is 5.62. The van der Waals surface area contributed by atoms with Crippen molar-refractivity contribution in [3.05, 3.63) is 35.6 Å². The van der Waals surface area contributed by atoms with Crippen molar-refractivity contribution in [2.24, 2.45) is 0 Å². The molecule has 6 heteroatoms. The molecule has 5 nitrogen and oxygen atoms in total. The molecule has 1 atom stereocenters. The third-order valence-electron chi connectivity index (χ3n) is 3.14. The summed E-state index contributed by atoms with van der Waals surface area (Å²) >= 11 is 0. The average Bonchev–Trinajstić information content (AvgIpc) is 2.36. The summed E-state index contributed by atoms with van der Waals surface area (Å²) in [6, 6.07) is 5.28. The van der Waals surface area contributed by atoms with Gasteiger partial charge in [0.2, 0.25) is 0 Å². The van der Waals surface area contributed by atoms with Gasteiger partial charge in [0.15, 0.2) is 0 Å². The molecule has 0 aliphatic heterocycles. The minimum atomic E-state index is -0.912. The minimum Gasteiger partial charge on any atom is -0.481 e. The Morgan fingerprint density at radius 3 is 2.52 bits per heavy atom. The van der Waals surface area contributed by atoms with Crippen molar-refractivity contribution in [2.45, 2.75) is 45.2 Å². The summed E-state index contributed by atoms with van der Waals surface area (Å²) in [6.45, 7) is 5.16. The van der Waals surface area contributed by atoms with E-state index in [1.807, 2.05) is 0 Å². The highest BCUT2D eigenvalue weighted by molar-refractivity contribution is 5.75. The van der Waals surface area contributed by atoms with Crippen LogP contribution in [0.15, 0.2) is 24.3 Å². The predicted octanol–water partition coefficient (Wildman–Crippen LogP) is 2.83. The first-order valence-electron chi connectivity index (χ1n) is 6.76. The van der Waals surface area contributed by atoms with Gasteiger partial charge in [0.1, 0.15) is 5.82 Å². The number of halogens is 1. The van der Waals surface area contributed by atoms with Gasteiger partial charge in [0.05, 0.1) is 6.04 Å². The van der Waals surface area contributed by atoms with Gasteiger partial charge in [-0.15, -0.1) is 0 Å². The molecule has 1 rings (SSSR count). The van der Waals surface area contributed by atoms with Crippen molar-refractivity contribution in [2.75, 3.05) is 0 Å². The van der Waals surface area contributed by atoms with E-state index < -0.39 is 23.6 Å². The molecule has 0 saturated heterocycles. The highest BCUT2D eigenvalue weighted by Gasteiger charge is 2.22. The SMILES string of the molecule is CC(NC(=O)NC(C)(C)CCC(=O)O)c1ccccc1F. The number of aliphatic carboxylic acids is 1. The molecule has 1 aromatic carbocycles. The highest BCUT2D eigenvalue weighted by atomic mass is 19.1. The molecule has 116 valence electrons. The number of nitrogens with one attached hydrogen (secondary N) is 2. The van der Waals surface area contributed by atoms with Crippen LogP contribution in [-0.2, 0) is 4.79 Å². The topological polar surface area (TPSA) is 78.4 Å². The van der Waals surface area contributed by atoms with Crippen LogP contribution in [0, 0.1) is 5.82 Å². The Morgan fingerprint density at radius 2 is 1.95 bits per heavy atom. The van der Waals surface area contributed by atoms with Crippen LogP contribution in [0.4, 0.5) is 9.18 Å².